The van der Waals surface area contributed by atoms with E-state index in [1.807, 2.05) is 0 Å². The SMILES string of the molecule is Cc1cc(N)cc(C)c1S(=O)(=O)N(CC#N)CC#N. The lowest BCUT2D eigenvalue weighted by atomic mass is 10.1. The molecule has 0 fully saturated rings. The van der Waals surface area contributed by atoms with Crippen molar-refractivity contribution in [2.24, 2.45) is 0 Å². The summed E-state index contributed by atoms with van der Waals surface area (Å²) in [5, 5.41) is 17.3. The molecule has 0 aliphatic carbocycles. The lowest BCUT2D eigenvalue weighted by Crippen LogP contribution is -2.32. The van der Waals surface area contributed by atoms with Gasteiger partial charge >= 0.3 is 0 Å². The summed E-state index contributed by atoms with van der Waals surface area (Å²) in [6, 6.07) is 6.60. The van der Waals surface area contributed by atoms with Gasteiger partial charge in [0, 0.05) is 5.69 Å². The Labute approximate surface area is 112 Å². The van der Waals surface area contributed by atoms with E-state index in [0.29, 0.717) is 16.8 Å². The maximum absolute atomic E-state index is 12.4. The third-order valence-corrected chi connectivity index (χ3v) is 4.67. The highest BCUT2D eigenvalue weighted by Gasteiger charge is 2.27. The number of nitrogen functional groups attached to an aromatic ring is 1. The summed E-state index contributed by atoms with van der Waals surface area (Å²) in [5.74, 6) is 0. The van der Waals surface area contributed by atoms with E-state index in [0.717, 1.165) is 4.31 Å². The molecule has 0 atom stereocenters. The van der Waals surface area contributed by atoms with Crippen molar-refractivity contribution in [1.29, 1.82) is 10.5 Å². The third kappa shape index (κ3) is 3.02. The first-order valence-electron chi connectivity index (χ1n) is 5.45. The molecule has 0 aliphatic rings. The van der Waals surface area contributed by atoms with Gasteiger partial charge in [0.15, 0.2) is 0 Å². The molecule has 1 rings (SSSR count). The van der Waals surface area contributed by atoms with Gasteiger partial charge in [-0.15, -0.1) is 0 Å². The highest BCUT2D eigenvalue weighted by Crippen LogP contribution is 2.25. The van der Waals surface area contributed by atoms with Gasteiger partial charge in [-0.1, -0.05) is 0 Å². The molecule has 1 aromatic carbocycles. The minimum Gasteiger partial charge on any atom is -0.399 e. The summed E-state index contributed by atoms with van der Waals surface area (Å²) in [6.07, 6.45) is 0. The second-order valence-corrected chi connectivity index (χ2v) is 5.95. The van der Waals surface area contributed by atoms with Crippen LogP contribution in [-0.4, -0.2) is 25.8 Å². The van der Waals surface area contributed by atoms with Gasteiger partial charge in [-0.25, -0.2) is 8.42 Å². The van der Waals surface area contributed by atoms with Gasteiger partial charge < -0.3 is 5.73 Å². The lowest BCUT2D eigenvalue weighted by Gasteiger charge is -2.19. The zero-order valence-electron chi connectivity index (χ0n) is 10.7. The van der Waals surface area contributed by atoms with Crippen molar-refractivity contribution in [3.63, 3.8) is 0 Å². The number of sulfonamides is 1. The molecule has 0 heterocycles. The van der Waals surface area contributed by atoms with E-state index in [-0.39, 0.29) is 18.0 Å². The van der Waals surface area contributed by atoms with E-state index in [2.05, 4.69) is 0 Å². The molecule has 100 valence electrons. The smallest absolute Gasteiger partial charge is 0.245 e. The van der Waals surface area contributed by atoms with Crippen LogP contribution in [-0.2, 0) is 10.0 Å². The van der Waals surface area contributed by atoms with Gasteiger partial charge in [-0.2, -0.15) is 14.8 Å². The Bertz CT molecular complexity index is 629. The van der Waals surface area contributed by atoms with E-state index in [1.54, 1.807) is 38.1 Å². The van der Waals surface area contributed by atoms with E-state index < -0.39 is 10.0 Å². The van der Waals surface area contributed by atoms with Gasteiger partial charge in [0.2, 0.25) is 10.0 Å². The van der Waals surface area contributed by atoms with Gasteiger partial charge in [0.25, 0.3) is 0 Å². The first-order chi connectivity index (χ1) is 8.84. The van der Waals surface area contributed by atoms with Crippen LogP contribution in [0.2, 0.25) is 0 Å². The van der Waals surface area contributed by atoms with E-state index in [9.17, 15) is 8.42 Å². The molecule has 0 spiro atoms. The van der Waals surface area contributed by atoms with Crippen LogP contribution in [0.25, 0.3) is 0 Å². The summed E-state index contributed by atoms with van der Waals surface area (Å²) >= 11 is 0. The quantitative estimate of drug-likeness (QED) is 0.650. The highest BCUT2D eigenvalue weighted by atomic mass is 32.2. The molecule has 19 heavy (non-hydrogen) atoms. The second-order valence-electron chi connectivity index (χ2n) is 4.07. The molecule has 0 amide bonds. The monoisotopic (exact) mass is 278 g/mol. The Hall–Kier alpha value is -2.09. The number of aryl methyl sites for hydroxylation is 2. The van der Waals surface area contributed by atoms with Crippen molar-refractivity contribution in [2.45, 2.75) is 18.7 Å². The van der Waals surface area contributed by atoms with Crippen LogP contribution in [0.1, 0.15) is 11.1 Å². The number of hydrogen-bond donors (Lipinski definition) is 1. The Kier molecular flexibility index (Phi) is 4.49. The number of hydrogen-bond acceptors (Lipinski definition) is 5. The summed E-state index contributed by atoms with van der Waals surface area (Å²) in [7, 11) is -3.87. The van der Waals surface area contributed by atoms with Crippen LogP contribution < -0.4 is 5.73 Å². The molecule has 0 aromatic heterocycles. The average Bonchev–Trinajstić information content (AvgIpc) is 2.26. The first-order valence-corrected chi connectivity index (χ1v) is 6.89. The highest BCUT2D eigenvalue weighted by molar-refractivity contribution is 7.89. The van der Waals surface area contributed by atoms with Crippen molar-refractivity contribution in [3.05, 3.63) is 23.3 Å². The van der Waals surface area contributed by atoms with Crippen LogP contribution in [0.3, 0.4) is 0 Å². The van der Waals surface area contributed by atoms with Gasteiger partial charge in [0.05, 0.1) is 17.0 Å². The van der Waals surface area contributed by atoms with Crippen molar-refractivity contribution in [3.8, 4) is 12.1 Å². The molecule has 1 aromatic rings. The molecule has 2 N–H and O–H groups in total. The minimum absolute atomic E-state index is 0.104. The number of nitrogens with zero attached hydrogens (tertiary/aromatic N) is 3. The lowest BCUT2D eigenvalue weighted by molar-refractivity contribution is 0.478. The summed E-state index contributed by atoms with van der Waals surface area (Å²) in [5.41, 5.74) is 7.12. The van der Waals surface area contributed by atoms with Crippen LogP contribution in [0.4, 0.5) is 5.69 Å². The molecule has 0 saturated heterocycles. The normalized spacial score (nSPS) is 11.0. The van der Waals surface area contributed by atoms with E-state index >= 15 is 0 Å². The Morgan fingerprint density at radius 3 is 1.95 bits per heavy atom. The first kappa shape index (κ1) is 15.0. The Morgan fingerprint density at radius 1 is 1.16 bits per heavy atom. The fourth-order valence-electron chi connectivity index (χ4n) is 1.90. The molecule has 0 unspecified atom stereocenters. The summed E-state index contributed by atoms with van der Waals surface area (Å²) < 4.78 is 25.7. The standard InChI is InChI=1S/C12H14N4O2S/c1-9-7-11(15)8-10(2)12(9)19(17,18)16(5-3-13)6-4-14/h7-8H,5-6,15H2,1-2H3. The molecule has 7 heteroatoms. The predicted molar refractivity (Wildman–Crippen MR) is 70.3 cm³/mol. The van der Waals surface area contributed by atoms with Crippen LogP contribution in [0.5, 0.6) is 0 Å². The zero-order valence-corrected chi connectivity index (χ0v) is 11.5. The maximum atomic E-state index is 12.4. The second kappa shape index (κ2) is 5.70. The van der Waals surface area contributed by atoms with Crippen molar-refractivity contribution in [1.82, 2.24) is 4.31 Å². The average molecular weight is 278 g/mol. The molecular weight excluding hydrogens is 264 g/mol. The molecule has 0 aliphatic heterocycles. The van der Waals surface area contributed by atoms with Gasteiger partial charge in [-0.05, 0) is 37.1 Å². The predicted octanol–water partition coefficient (Wildman–Crippen LogP) is 0.924. The van der Waals surface area contributed by atoms with Crippen molar-refractivity contribution < 1.29 is 8.42 Å². The van der Waals surface area contributed by atoms with Crippen LogP contribution >= 0.6 is 0 Å². The summed E-state index contributed by atoms with van der Waals surface area (Å²) in [4.78, 5) is 0.104. The molecule has 0 saturated carbocycles. The largest absolute Gasteiger partial charge is 0.399 e. The van der Waals surface area contributed by atoms with Crippen molar-refractivity contribution >= 4 is 15.7 Å². The molecular formula is C12H14N4O2S. The van der Waals surface area contributed by atoms with E-state index in [4.69, 9.17) is 16.3 Å². The Balaban J connectivity index is 3.43. The fourth-order valence-corrected chi connectivity index (χ4v) is 3.55. The minimum atomic E-state index is -3.87. The molecule has 0 radical (unpaired) electrons. The van der Waals surface area contributed by atoms with Crippen LogP contribution in [0.15, 0.2) is 17.0 Å². The van der Waals surface area contributed by atoms with Crippen molar-refractivity contribution in [2.75, 3.05) is 18.8 Å². The number of nitriles is 2. The number of nitrogens with two attached hydrogens (primary N) is 1. The van der Waals surface area contributed by atoms with Crippen LogP contribution in [0, 0.1) is 36.5 Å². The van der Waals surface area contributed by atoms with E-state index in [1.165, 1.54) is 0 Å². The van der Waals surface area contributed by atoms with Gasteiger partial charge in [-0.3, -0.25) is 0 Å². The number of rotatable bonds is 4. The molecule has 0 bridgehead atoms. The topological polar surface area (TPSA) is 111 Å². The van der Waals surface area contributed by atoms with Gasteiger partial charge in [0.1, 0.15) is 13.1 Å². The third-order valence-electron chi connectivity index (χ3n) is 2.57. The Morgan fingerprint density at radius 2 is 1.58 bits per heavy atom. The zero-order chi connectivity index (χ0) is 14.6. The number of benzene rings is 1. The molecule has 6 nitrogen and oxygen atoms in total. The maximum Gasteiger partial charge on any atom is 0.245 e. The fraction of sp³-hybridized carbons (Fsp3) is 0.333. The number of anilines is 1. The summed E-state index contributed by atoms with van der Waals surface area (Å²) in [6.45, 7) is 2.54.